The summed E-state index contributed by atoms with van der Waals surface area (Å²) in [6, 6.07) is 7.23. The second-order valence-electron chi connectivity index (χ2n) is 6.36. The molecule has 5 nitrogen and oxygen atoms in total. The van der Waals surface area contributed by atoms with Crippen LogP contribution >= 0.6 is 0 Å². The minimum Gasteiger partial charge on any atom is -0.393 e. The van der Waals surface area contributed by atoms with Crippen LogP contribution in [0.3, 0.4) is 0 Å². The normalized spacial score (nSPS) is 15.6. The van der Waals surface area contributed by atoms with Crippen LogP contribution in [0.1, 0.15) is 29.7 Å². The Morgan fingerprint density at radius 2 is 1.96 bits per heavy atom. The number of aryl methyl sites for hydroxylation is 2. The van der Waals surface area contributed by atoms with Crippen LogP contribution in [0.4, 0.5) is 15.9 Å². The van der Waals surface area contributed by atoms with Crippen LogP contribution in [0.25, 0.3) is 0 Å². The van der Waals surface area contributed by atoms with Crippen molar-refractivity contribution in [2.24, 2.45) is 0 Å². The predicted molar refractivity (Wildman–Crippen MR) is 92.7 cm³/mol. The molecule has 1 aromatic carbocycles. The van der Waals surface area contributed by atoms with Crippen LogP contribution in [-0.2, 0) is 6.54 Å². The second kappa shape index (κ2) is 7.13. The zero-order valence-electron chi connectivity index (χ0n) is 14.1. The van der Waals surface area contributed by atoms with Gasteiger partial charge in [-0.2, -0.15) is 5.10 Å². The molecule has 1 aliphatic heterocycles. The van der Waals surface area contributed by atoms with E-state index in [0.29, 0.717) is 44.0 Å². The third-order valence-corrected chi connectivity index (χ3v) is 4.52. The lowest BCUT2D eigenvalue weighted by Gasteiger charge is -2.31. The first-order valence-corrected chi connectivity index (χ1v) is 8.29. The van der Waals surface area contributed by atoms with Gasteiger partial charge in [-0.1, -0.05) is 6.07 Å². The highest BCUT2D eigenvalue weighted by atomic mass is 19.1. The highest BCUT2D eigenvalue weighted by molar-refractivity contribution is 5.50. The Labute approximate surface area is 141 Å². The van der Waals surface area contributed by atoms with Crippen LogP contribution < -0.4 is 10.2 Å². The number of aliphatic hydroxyl groups is 1. The quantitative estimate of drug-likeness (QED) is 0.903. The van der Waals surface area contributed by atoms with Gasteiger partial charge in [0.1, 0.15) is 11.6 Å². The summed E-state index contributed by atoms with van der Waals surface area (Å²) >= 11 is 0. The third kappa shape index (κ3) is 3.82. The Balaban J connectivity index is 1.65. The van der Waals surface area contributed by atoms with Crippen LogP contribution in [-0.4, -0.2) is 34.5 Å². The summed E-state index contributed by atoms with van der Waals surface area (Å²) in [6.45, 7) is 5.77. The predicted octanol–water partition coefficient (Wildman–Crippen LogP) is 2.81. The molecule has 2 heterocycles. The minimum atomic E-state index is -0.258. The molecule has 0 amide bonds. The first-order valence-electron chi connectivity index (χ1n) is 8.29. The molecule has 0 aliphatic carbocycles. The Bertz CT molecular complexity index is 714. The number of nitrogens with zero attached hydrogens (tertiary/aromatic N) is 3. The molecule has 3 rings (SSSR count). The van der Waals surface area contributed by atoms with Gasteiger partial charge in [0.25, 0.3) is 0 Å². The van der Waals surface area contributed by atoms with Gasteiger partial charge in [-0.3, -0.25) is 0 Å². The average Bonchev–Trinajstić information content (AvgIpc) is 2.57. The van der Waals surface area contributed by atoms with Crippen molar-refractivity contribution < 1.29 is 9.50 Å². The molecule has 128 valence electrons. The molecule has 0 radical (unpaired) electrons. The molecule has 1 fully saturated rings. The van der Waals surface area contributed by atoms with E-state index >= 15 is 0 Å². The van der Waals surface area contributed by atoms with Gasteiger partial charge < -0.3 is 15.3 Å². The Morgan fingerprint density at radius 1 is 1.21 bits per heavy atom. The lowest BCUT2D eigenvalue weighted by atomic mass is 10.1. The summed E-state index contributed by atoms with van der Waals surface area (Å²) in [5.41, 5.74) is 3.44. The number of benzene rings is 1. The number of piperidine rings is 1. The van der Waals surface area contributed by atoms with Gasteiger partial charge in [-0.25, -0.2) is 4.39 Å². The number of rotatable bonds is 4. The van der Waals surface area contributed by atoms with E-state index in [2.05, 4.69) is 15.5 Å². The van der Waals surface area contributed by atoms with Crippen LogP contribution in [0.5, 0.6) is 0 Å². The molecular formula is C18H23FN4O. The number of hydrogen-bond donors (Lipinski definition) is 2. The number of anilines is 2. The van der Waals surface area contributed by atoms with Crippen molar-refractivity contribution in [2.45, 2.75) is 39.3 Å². The zero-order chi connectivity index (χ0) is 17.1. The molecule has 6 heteroatoms. The van der Waals surface area contributed by atoms with Gasteiger partial charge in [0, 0.05) is 19.6 Å². The van der Waals surface area contributed by atoms with Crippen molar-refractivity contribution >= 4 is 11.5 Å². The highest BCUT2D eigenvalue weighted by Crippen LogP contribution is 2.24. The topological polar surface area (TPSA) is 61.3 Å². The number of halogens is 1. The van der Waals surface area contributed by atoms with Crippen molar-refractivity contribution in [3.63, 3.8) is 0 Å². The van der Waals surface area contributed by atoms with Crippen LogP contribution in [0.15, 0.2) is 24.3 Å². The maximum absolute atomic E-state index is 14.4. The molecular weight excluding hydrogens is 307 g/mol. The van der Waals surface area contributed by atoms with Crippen molar-refractivity contribution in [2.75, 3.05) is 23.3 Å². The van der Waals surface area contributed by atoms with E-state index in [9.17, 15) is 9.50 Å². The van der Waals surface area contributed by atoms with E-state index < -0.39 is 0 Å². The fourth-order valence-corrected chi connectivity index (χ4v) is 2.85. The van der Waals surface area contributed by atoms with E-state index in [-0.39, 0.29) is 11.9 Å². The Morgan fingerprint density at radius 3 is 2.62 bits per heavy atom. The summed E-state index contributed by atoms with van der Waals surface area (Å²) < 4.78 is 14.4. The van der Waals surface area contributed by atoms with Crippen molar-refractivity contribution in [3.8, 4) is 0 Å². The summed E-state index contributed by atoms with van der Waals surface area (Å²) in [6.07, 6.45) is 1.12. The lowest BCUT2D eigenvalue weighted by Crippen LogP contribution is -2.36. The maximum Gasteiger partial charge on any atom is 0.149 e. The van der Waals surface area contributed by atoms with Gasteiger partial charge >= 0.3 is 0 Å². The largest absolute Gasteiger partial charge is 0.393 e. The molecule has 1 aromatic heterocycles. The lowest BCUT2D eigenvalue weighted by molar-refractivity contribution is 0.145. The van der Waals surface area contributed by atoms with Gasteiger partial charge in [-0.15, -0.1) is 5.10 Å². The minimum absolute atomic E-state index is 0.225. The number of nitrogens with one attached hydrogen (secondary N) is 1. The standard InChI is InChI=1S/C18H23FN4O/c1-12-9-18(22-21-13(12)2)20-11-14-3-4-17(16(19)10-14)23-7-5-15(24)6-8-23/h3-4,9-10,15,24H,5-8,11H2,1-2H3,(H,20,22). The molecule has 0 spiro atoms. The second-order valence-corrected chi connectivity index (χ2v) is 6.36. The number of aliphatic hydroxyl groups excluding tert-OH is 1. The molecule has 2 N–H and O–H groups in total. The van der Waals surface area contributed by atoms with E-state index in [0.717, 1.165) is 16.8 Å². The summed E-state index contributed by atoms with van der Waals surface area (Å²) in [5, 5.41) is 20.9. The Kier molecular flexibility index (Phi) is 4.94. The molecule has 0 unspecified atom stereocenters. The Hall–Kier alpha value is -2.21. The molecule has 0 saturated carbocycles. The van der Waals surface area contributed by atoms with Gasteiger partial charge in [-0.05, 0) is 56.0 Å². The van der Waals surface area contributed by atoms with Crippen molar-refractivity contribution in [1.82, 2.24) is 10.2 Å². The molecule has 0 atom stereocenters. The summed E-state index contributed by atoms with van der Waals surface area (Å²) in [5.74, 6) is 0.462. The SMILES string of the molecule is Cc1cc(NCc2ccc(N3CCC(O)CC3)c(F)c2)nnc1C. The fourth-order valence-electron chi connectivity index (χ4n) is 2.85. The first-order chi connectivity index (χ1) is 11.5. The van der Waals surface area contributed by atoms with Crippen LogP contribution in [0.2, 0.25) is 0 Å². The first kappa shape index (κ1) is 16.6. The molecule has 24 heavy (non-hydrogen) atoms. The number of aromatic nitrogens is 2. The van der Waals surface area contributed by atoms with Crippen molar-refractivity contribution in [3.05, 3.63) is 46.9 Å². The van der Waals surface area contributed by atoms with E-state index in [1.165, 1.54) is 0 Å². The van der Waals surface area contributed by atoms with E-state index in [1.54, 1.807) is 6.07 Å². The fraction of sp³-hybridized carbons (Fsp3) is 0.444. The summed E-state index contributed by atoms with van der Waals surface area (Å²) in [4.78, 5) is 1.99. The molecule has 2 aromatic rings. The van der Waals surface area contributed by atoms with Gasteiger partial charge in [0.15, 0.2) is 0 Å². The third-order valence-electron chi connectivity index (χ3n) is 4.52. The average molecular weight is 330 g/mol. The van der Waals surface area contributed by atoms with Crippen molar-refractivity contribution in [1.29, 1.82) is 0 Å². The van der Waals surface area contributed by atoms with E-state index in [1.807, 2.05) is 36.9 Å². The molecule has 0 bridgehead atoms. The highest BCUT2D eigenvalue weighted by Gasteiger charge is 2.19. The van der Waals surface area contributed by atoms with Crippen LogP contribution in [0, 0.1) is 19.7 Å². The number of hydrogen-bond acceptors (Lipinski definition) is 5. The van der Waals surface area contributed by atoms with Gasteiger partial charge in [0.2, 0.25) is 0 Å². The smallest absolute Gasteiger partial charge is 0.149 e. The molecule has 1 aliphatic rings. The van der Waals surface area contributed by atoms with Gasteiger partial charge in [0.05, 0.1) is 17.5 Å². The molecule has 1 saturated heterocycles. The zero-order valence-corrected chi connectivity index (χ0v) is 14.1. The summed E-state index contributed by atoms with van der Waals surface area (Å²) in [7, 11) is 0. The van der Waals surface area contributed by atoms with E-state index in [4.69, 9.17) is 0 Å². The maximum atomic E-state index is 14.4. The monoisotopic (exact) mass is 330 g/mol.